The first-order valence-electron chi connectivity index (χ1n) is 8.00. The molecule has 0 saturated heterocycles. The molecule has 0 fully saturated rings. The van der Waals surface area contributed by atoms with Gasteiger partial charge in [-0.2, -0.15) is 0 Å². The first-order chi connectivity index (χ1) is 11.5. The van der Waals surface area contributed by atoms with Crippen LogP contribution in [0.5, 0.6) is 0 Å². The van der Waals surface area contributed by atoms with E-state index in [-0.39, 0.29) is 24.4 Å². The monoisotopic (exact) mass is 323 g/mol. The largest absolute Gasteiger partial charge is 0.372 e. The maximum absolute atomic E-state index is 12.5. The van der Waals surface area contributed by atoms with Crippen LogP contribution in [0, 0.1) is 13.8 Å². The van der Waals surface area contributed by atoms with Crippen LogP contribution in [-0.2, 0) is 9.59 Å². The Hall–Kier alpha value is -2.82. The minimum absolute atomic E-state index is 0.00432. The van der Waals surface area contributed by atoms with E-state index < -0.39 is 0 Å². The second kappa shape index (κ2) is 6.35. The van der Waals surface area contributed by atoms with Gasteiger partial charge >= 0.3 is 0 Å². The summed E-state index contributed by atoms with van der Waals surface area (Å²) in [6, 6.07) is 13.0. The molecule has 0 bridgehead atoms. The fourth-order valence-corrected chi connectivity index (χ4v) is 2.98. The van der Waals surface area contributed by atoms with Gasteiger partial charge in [-0.3, -0.25) is 14.5 Å². The minimum atomic E-state index is -0.354. The van der Waals surface area contributed by atoms with Crippen molar-refractivity contribution in [3.63, 3.8) is 0 Å². The van der Waals surface area contributed by atoms with E-state index in [0.29, 0.717) is 0 Å². The lowest BCUT2D eigenvalue weighted by Crippen LogP contribution is -2.48. The van der Waals surface area contributed by atoms with Crippen molar-refractivity contribution in [3.8, 4) is 0 Å². The Labute approximate surface area is 141 Å². The third kappa shape index (κ3) is 2.97. The fourth-order valence-electron chi connectivity index (χ4n) is 2.98. The molecular weight excluding hydrogens is 302 g/mol. The van der Waals surface area contributed by atoms with Crippen molar-refractivity contribution in [2.75, 3.05) is 22.1 Å². The summed E-state index contributed by atoms with van der Waals surface area (Å²) in [5.74, 6) is -0.310. The van der Waals surface area contributed by atoms with Crippen LogP contribution in [0.15, 0.2) is 42.5 Å². The van der Waals surface area contributed by atoms with Crippen molar-refractivity contribution in [1.82, 2.24) is 0 Å². The van der Waals surface area contributed by atoms with E-state index in [2.05, 4.69) is 10.6 Å². The van der Waals surface area contributed by atoms with Crippen LogP contribution >= 0.6 is 0 Å². The number of carbonyl (C=O) groups is 2. The topological polar surface area (TPSA) is 61.4 Å². The molecule has 5 nitrogen and oxygen atoms in total. The van der Waals surface area contributed by atoms with Crippen molar-refractivity contribution in [2.45, 2.75) is 26.8 Å². The predicted molar refractivity (Wildman–Crippen MR) is 96.4 cm³/mol. The number of benzene rings is 2. The van der Waals surface area contributed by atoms with Gasteiger partial charge in [-0.15, -0.1) is 0 Å². The average molecular weight is 323 g/mol. The fraction of sp³-hybridized carbons (Fsp3) is 0.263. The van der Waals surface area contributed by atoms with Crippen LogP contribution in [0.1, 0.15) is 18.1 Å². The summed E-state index contributed by atoms with van der Waals surface area (Å²) in [6.45, 7) is 5.70. The number of amides is 2. The van der Waals surface area contributed by atoms with Crippen LogP contribution in [0.3, 0.4) is 0 Å². The highest BCUT2D eigenvalue weighted by molar-refractivity contribution is 6.09. The van der Waals surface area contributed by atoms with E-state index in [4.69, 9.17) is 0 Å². The maximum Gasteiger partial charge on any atom is 0.249 e. The van der Waals surface area contributed by atoms with E-state index in [1.165, 1.54) is 0 Å². The van der Waals surface area contributed by atoms with Crippen LogP contribution in [0.25, 0.3) is 0 Å². The molecule has 3 rings (SSSR count). The van der Waals surface area contributed by atoms with E-state index >= 15 is 0 Å². The predicted octanol–water partition coefficient (Wildman–Crippen LogP) is 3.09. The van der Waals surface area contributed by atoms with Gasteiger partial charge in [0.2, 0.25) is 11.8 Å². The third-order valence-corrected chi connectivity index (χ3v) is 4.25. The van der Waals surface area contributed by atoms with Gasteiger partial charge in [0.1, 0.15) is 12.6 Å². The molecule has 1 unspecified atom stereocenters. The zero-order valence-electron chi connectivity index (χ0n) is 14.1. The number of fused-ring (bicyclic) bond motifs is 1. The van der Waals surface area contributed by atoms with Gasteiger partial charge < -0.3 is 10.6 Å². The van der Waals surface area contributed by atoms with Crippen molar-refractivity contribution in [2.24, 2.45) is 0 Å². The Morgan fingerprint density at radius 3 is 2.50 bits per heavy atom. The molecule has 24 heavy (non-hydrogen) atoms. The zero-order valence-corrected chi connectivity index (χ0v) is 14.1. The molecular formula is C19H21N3O2. The Morgan fingerprint density at radius 1 is 1.12 bits per heavy atom. The number of nitrogens with one attached hydrogen (secondary N) is 2. The van der Waals surface area contributed by atoms with Gasteiger partial charge in [-0.1, -0.05) is 30.3 Å². The molecule has 124 valence electrons. The summed E-state index contributed by atoms with van der Waals surface area (Å²) in [5.41, 5.74) is 4.42. The third-order valence-electron chi connectivity index (χ3n) is 4.25. The molecule has 2 aromatic carbocycles. The van der Waals surface area contributed by atoms with Crippen molar-refractivity contribution < 1.29 is 9.59 Å². The van der Waals surface area contributed by atoms with Crippen molar-refractivity contribution in [3.05, 3.63) is 53.6 Å². The highest BCUT2D eigenvalue weighted by Gasteiger charge is 2.30. The Bertz CT molecular complexity index is 781. The molecule has 1 heterocycles. The highest BCUT2D eigenvalue weighted by atomic mass is 16.2. The summed E-state index contributed by atoms with van der Waals surface area (Å²) in [5, 5.41) is 6.10. The lowest BCUT2D eigenvalue weighted by atomic mass is 10.1. The summed E-state index contributed by atoms with van der Waals surface area (Å²) in [7, 11) is 0. The number of rotatable bonds is 3. The second-order valence-electron chi connectivity index (χ2n) is 6.12. The molecule has 0 spiro atoms. The number of hydrogen-bond donors (Lipinski definition) is 2. The number of hydrogen-bond acceptors (Lipinski definition) is 3. The molecule has 2 amide bonds. The van der Waals surface area contributed by atoms with E-state index in [9.17, 15) is 9.59 Å². The number of aryl methyl sites for hydroxylation is 2. The molecule has 2 aromatic rings. The lowest BCUT2D eigenvalue weighted by molar-refractivity contribution is -0.122. The lowest BCUT2D eigenvalue weighted by Gasteiger charge is -2.33. The summed E-state index contributed by atoms with van der Waals surface area (Å²) < 4.78 is 0. The molecule has 0 radical (unpaired) electrons. The van der Waals surface area contributed by atoms with Crippen LogP contribution in [-0.4, -0.2) is 24.4 Å². The van der Waals surface area contributed by atoms with Crippen LogP contribution < -0.4 is 15.5 Å². The molecule has 0 aliphatic carbocycles. The summed E-state index contributed by atoms with van der Waals surface area (Å²) in [6.07, 6.45) is 0. The van der Waals surface area contributed by atoms with Crippen LogP contribution in [0.4, 0.5) is 17.1 Å². The molecule has 1 aliphatic rings. The molecule has 0 aromatic heterocycles. The Kier molecular flexibility index (Phi) is 4.25. The summed E-state index contributed by atoms with van der Waals surface area (Å²) >= 11 is 0. The number of para-hydroxylation sites is 3. The Morgan fingerprint density at radius 2 is 1.79 bits per heavy atom. The first-order valence-corrected chi connectivity index (χ1v) is 8.00. The molecule has 5 heteroatoms. The maximum atomic E-state index is 12.5. The quantitative estimate of drug-likeness (QED) is 0.912. The van der Waals surface area contributed by atoms with Gasteiger partial charge in [0, 0.05) is 5.69 Å². The number of nitrogens with zero attached hydrogens (tertiary/aromatic N) is 1. The highest BCUT2D eigenvalue weighted by Crippen LogP contribution is 2.31. The number of carbonyl (C=O) groups excluding carboxylic acids is 2. The number of anilines is 3. The van der Waals surface area contributed by atoms with Gasteiger partial charge in [0.25, 0.3) is 0 Å². The second-order valence-corrected chi connectivity index (χ2v) is 6.12. The van der Waals surface area contributed by atoms with Gasteiger partial charge in [0.05, 0.1) is 11.4 Å². The SMILES string of the molecule is Cc1cccc(C)c1NC(=O)CN1C(=O)C(C)Nc2ccccc21. The summed E-state index contributed by atoms with van der Waals surface area (Å²) in [4.78, 5) is 26.6. The standard InChI is InChI=1S/C19H21N3O2/c1-12-7-6-8-13(2)18(12)21-17(23)11-22-16-10-5-4-9-15(16)20-14(3)19(22)24/h4-10,14,20H,11H2,1-3H3,(H,21,23). The molecule has 0 saturated carbocycles. The van der Waals surface area contributed by atoms with Gasteiger partial charge in [-0.25, -0.2) is 0 Å². The van der Waals surface area contributed by atoms with Gasteiger partial charge in [0.15, 0.2) is 0 Å². The normalized spacial score (nSPS) is 16.4. The smallest absolute Gasteiger partial charge is 0.249 e. The van der Waals surface area contributed by atoms with Gasteiger partial charge in [-0.05, 0) is 44.0 Å². The molecule has 2 N–H and O–H groups in total. The molecule has 1 aliphatic heterocycles. The first kappa shape index (κ1) is 16.1. The Balaban J connectivity index is 1.82. The van der Waals surface area contributed by atoms with Crippen molar-refractivity contribution >= 4 is 28.9 Å². The van der Waals surface area contributed by atoms with Crippen molar-refractivity contribution in [1.29, 1.82) is 0 Å². The zero-order chi connectivity index (χ0) is 17.3. The van der Waals surface area contributed by atoms with E-state index in [0.717, 1.165) is 28.2 Å². The van der Waals surface area contributed by atoms with E-state index in [1.807, 2.05) is 56.3 Å². The minimum Gasteiger partial charge on any atom is -0.372 e. The van der Waals surface area contributed by atoms with Crippen LogP contribution in [0.2, 0.25) is 0 Å². The molecule has 1 atom stereocenters. The van der Waals surface area contributed by atoms with E-state index in [1.54, 1.807) is 11.8 Å². The average Bonchev–Trinajstić information content (AvgIpc) is 2.55.